The molecule has 0 aliphatic heterocycles. The van der Waals surface area contributed by atoms with Gasteiger partial charge in [0.25, 0.3) is 0 Å². The van der Waals surface area contributed by atoms with Crippen molar-refractivity contribution >= 4 is 5.78 Å². The molecule has 0 bridgehead atoms. The fourth-order valence-electron chi connectivity index (χ4n) is 3.99. The van der Waals surface area contributed by atoms with Gasteiger partial charge >= 0.3 is 0 Å². The molecule has 0 unspecified atom stereocenters. The lowest BCUT2D eigenvalue weighted by molar-refractivity contribution is -0.120. The second-order valence-corrected chi connectivity index (χ2v) is 7.06. The van der Waals surface area contributed by atoms with Crippen LogP contribution in [0.1, 0.15) is 84.0 Å². The van der Waals surface area contributed by atoms with Crippen molar-refractivity contribution in [1.29, 1.82) is 0 Å². The maximum atomic E-state index is 11.2. The van der Waals surface area contributed by atoms with Crippen LogP contribution in [-0.2, 0) is 4.79 Å². The minimum Gasteiger partial charge on any atom is -0.300 e. The molecule has 0 heterocycles. The number of hydrogen-bond acceptors (Lipinski definition) is 1. The van der Waals surface area contributed by atoms with Crippen molar-refractivity contribution in [2.75, 3.05) is 0 Å². The van der Waals surface area contributed by atoms with E-state index in [1.807, 2.05) is 0 Å². The van der Waals surface area contributed by atoms with Gasteiger partial charge in [0.1, 0.15) is 5.78 Å². The normalized spacial score (nSPS) is 29.1. The van der Waals surface area contributed by atoms with Crippen LogP contribution in [0, 0.1) is 17.8 Å². The van der Waals surface area contributed by atoms with Crippen LogP contribution in [0.15, 0.2) is 12.2 Å². The number of carbonyl (C=O) groups excluding carboxylic acids is 1. The highest BCUT2D eigenvalue weighted by atomic mass is 16.1. The summed E-state index contributed by atoms with van der Waals surface area (Å²) in [5, 5.41) is 0. The third-order valence-corrected chi connectivity index (χ3v) is 5.40. The van der Waals surface area contributed by atoms with Gasteiger partial charge in [-0.05, 0) is 43.4 Å². The Balaban J connectivity index is 1.56. The van der Waals surface area contributed by atoms with Gasteiger partial charge in [-0.3, -0.25) is 4.79 Å². The van der Waals surface area contributed by atoms with E-state index >= 15 is 0 Å². The van der Waals surface area contributed by atoms with Crippen molar-refractivity contribution in [3.8, 4) is 0 Å². The summed E-state index contributed by atoms with van der Waals surface area (Å²) in [6, 6.07) is 0. The number of rotatable bonds is 6. The summed E-state index contributed by atoms with van der Waals surface area (Å²) in [6.07, 6.45) is 20.0. The summed E-state index contributed by atoms with van der Waals surface area (Å²) in [5.74, 6) is 3.18. The summed E-state index contributed by atoms with van der Waals surface area (Å²) < 4.78 is 0. The molecule has 0 aromatic rings. The molecule has 20 heavy (non-hydrogen) atoms. The molecule has 0 amide bonds. The molecule has 1 heteroatoms. The van der Waals surface area contributed by atoms with Gasteiger partial charge in [0.05, 0.1) is 0 Å². The molecule has 2 aliphatic carbocycles. The van der Waals surface area contributed by atoms with Crippen molar-refractivity contribution in [1.82, 2.24) is 0 Å². The zero-order valence-corrected chi connectivity index (χ0v) is 13.3. The molecule has 2 aliphatic rings. The molecule has 2 fully saturated rings. The molecular weight excluding hydrogens is 244 g/mol. The molecule has 0 atom stereocenters. The van der Waals surface area contributed by atoms with Crippen LogP contribution < -0.4 is 0 Å². The Hall–Kier alpha value is -0.590. The van der Waals surface area contributed by atoms with Crippen LogP contribution in [0.3, 0.4) is 0 Å². The minimum absolute atomic E-state index is 0.471. The first-order valence-corrected chi connectivity index (χ1v) is 8.96. The number of Topliss-reactive ketones (excluding diaryl/α,β-unsaturated/α-hetero) is 1. The summed E-state index contributed by atoms with van der Waals surface area (Å²) in [6.45, 7) is 2.32. The molecular formula is C19H32O. The fourth-order valence-corrected chi connectivity index (χ4v) is 3.99. The van der Waals surface area contributed by atoms with E-state index in [9.17, 15) is 4.79 Å². The van der Waals surface area contributed by atoms with Gasteiger partial charge in [-0.15, -0.1) is 0 Å². The van der Waals surface area contributed by atoms with Crippen LogP contribution >= 0.6 is 0 Å². The monoisotopic (exact) mass is 276 g/mol. The molecule has 0 saturated heterocycles. The van der Waals surface area contributed by atoms with Crippen molar-refractivity contribution < 1.29 is 4.79 Å². The van der Waals surface area contributed by atoms with Crippen LogP contribution in [0.2, 0.25) is 0 Å². The maximum Gasteiger partial charge on any atom is 0.132 e. The Kier molecular flexibility index (Phi) is 6.82. The SMILES string of the molecule is CCCC1CCC(CC/C=C/C2CCC(=O)CC2)CC1. The average molecular weight is 276 g/mol. The second-order valence-electron chi connectivity index (χ2n) is 7.06. The van der Waals surface area contributed by atoms with E-state index in [1.54, 1.807) is 0 Å². The molecule has 2 saturated carbocycles. The average Bonchev–Trinajstić information content (AvgIpc) is 2.47. The standard InChI is InChI=1S/C19H32O/c1-2-5-16-8-10-17(11-9-16)6-3-4-7-18-12-14-19(20)15-13-18/h4,7,16-18H,2-3,5-6,8-15H2,1H3/b7-4+. The van der Waals surface area contributed by atoms with E-state index in [0.717, 1.165) is 37.5 Å². The van der Waals surface area contributed by atoms with E-state index in [4.69, 9.17) is 0 Å². The highest BCUT2D eigenvalue weighted by Crippen LogP contribution is 2.34. The predicted molar refractivity (Wildman–Crippen MR) is 85.7 cm³/mol. The lowest BCUT2D eigenvalue weighted by atomic mass is 9.78. The Morgan fingerprint density at radius 3 is 2.15 bits per heavy atom. The van der Waals surface area contributed by atoms with E-state index in [1.165, 1.54) is 51.4 Å². The summed E-state index contributed by atoms with van der Waals surface area (Å²) in [7, 11) is 0. The smallest absolute Gasteiger partial charge is 0.132 e. The third-order valence-electron chi connectivity index (χ3n) is 5.40. The number of ketones is 1. The molecule has 0 radical (unpaired) electrons. The Morgan fingerprint density at radius 2 is 1.55 bits per heavy atom. The maximum absolute atomic E-state index is 11.2. The lowest BCUT2D eigenvalue weighted by Crippen LogP contribution is -2.14. The number of carbonyl (C=O) groups is 1. The van der Waals surface area contributed by atoms with Crippen LogP contribution in [0.5, 0.6) is 0 Å². The molecule has 0 N–H and O–H groups in total. The van der Waals surface area contributed by atoms with Gasteiger partial charge in [-0.2, -0.15) is 0 Å². The number of allylic oxidation sites excluding steroid dienone is 2. The second kappa shape index (κ2) is 8.64. The molecule has 0 aromatic carbocycles. The van der Waals surface area contributed by atoms with Gasteiger partial charge in [-0.25, -0.2) is 0 Å². The molecule has 0 spiro atoms. The van der Waals surface area contributed by atoms with Crippen molar-refractivity contribution in [2.45, 2.75) is 84.0 Å². The van der Waals surface area contributed by atoms with Gasteiger partial charge < -0.3 is 0 Å². The Morgan fingerprint density at radius 1 is 0.950 bits per heavy atom. The zero-order chi connectivity index (χ0) is 14.2. The summed E-state index contributed by atoms with van der Waals surface area (Å²) >= 11 is 0. The van der Waals surface area contributed by atoms with Gasteiger partial charge in [0, 0.05) is 12.8 Å². The predicted octanol–water partition coefficient (Wildman–Crippen LogP) is 5.69. The van der Waals surface area contributed by atoms with Crippen molar-refractivity contribution in [2.24, 2.45) is 17.8 Å². The van der Waals surface area contributed by atoms with Crippen LogP contribution in [0.4, 0.5) is 0 Å². The molecule has 2 rings (SSSR count). The lowest BCUT2D eigenvalue weighted by Gasteiger charge is -2.28. The highest BCUT2D eigenvalue weighted by Gasteiger charge is 2.20. The molecule has 0 aromatic heterocycles. The quantitative estimate of drug-likeness (QED) is 0.570. The van der Waals surface area contributed by atoms with Crippen LogP contribution in [0.25, 0.3) is 0 Å². The number of hydrogen-bond donors (Lipinski definition) is 0. The molecule has 114 valence electrons. The zero-order valence-electron chi connectivity index (χ0n) is 13.3. The van der Waals surface area contributed by atoms with Gasteiger partial charge in [-0.1, -0.05) is 57.6 Å². The van der Waals surface area contributed by atoms with Crippen LogP contribution in [-0.4, -0.2) is 5.78 Å². The first-order valence-electron chi connectivity index (χ1n) is 8.96. The van der Waals surface area contributed by atoms with E-state index in [0.29, 0.717) is 11.7 Å². The highest BCUT2D eigenvalue weighted by molar-refractivity contribution is 5.79. The Bertz CT molecular complexity index is 300. The third kappa shape index (κ3) is 5.42. The van der Waals surface area contributed by atoms with E-state index in [2.05, 4.69) is 19.1 Å². The Labute approximate surface area is 125 Å². The fraction of sp³-hybridized carbons (Fsp3) is 0.842. The van der Waals surface area contributed by atoms with E-state index < -0.39 is 0 Å². The van der Waals surface area contributed by atoms with Gasteiger partial charge in [0.2, 0.25) is 0 Å². The van der Waals surface area contributed by atoms with E-state index in [-0.39, 0.29) is 0 Å². The van der Waals surface area contributed by atoms with Crippen molar-refractivity contribution in [3.63, 3.8) is 0 Å². The first kappa shape index (κ1) is 15.8. The summed E-state index contributed by atoms with van der Waals surface area (Å²) in [4.78, 5) is 11.2. The molecule has 1 nitrogen and oxygen atoms in total. The topological polar surface area (TPSA) is 17.1 Å². The largest absolute Gasteiger partial charge is 0.300 e. The first-order chi connectivity index (χ1) is 9.78. The van der Waals surface area contributed by atoms with Crippen molar-refractivity contribution in [3.05, 3.63) is 12.2 Å². The van der Waals surface area contributed by atoms with Gasteiger partial charge in [0.15, 0.2) is 0 Å². The minimum atomic E-state index is 0.471. The summed E-state index contributed by atoms with van der Waals surface area (Å²) in [5.41, 5.74) is 0.